The summed E-state index contributed by atoms with van der Waals surface area (Å²) in [5.41, 5.74) is 1.41. The number of ether oxygens (including phenoxy) is 1. The quantitative estimate of drug-likeness (QED) is 0.135. The number of carbonyl (C=O) groups excluding carboxylic acids is 1. The molecule has 0 amide bonds. The molecule has 3 aromatic carbocycles. The van der Waals surface area contributed by atoms with Gasteiger partial charge < -0.3 is 14.9 Å². The molecule has 0 aliphatic heterocycles. The summed E-state index contributed by atoms with van der Waals surface area (Å²) in [5.74, 6) is 4.37. The van der Waals surface area contributed by atoms with Crippen molar-refractivity contribution in [1.29, 1.82) is 0 Å². The summed E-state index contributed by atoms with van der Waals surface area (Å²) in [6, 6.07) is 16.1. The summed E-state index contributed by atoms with van der Waals surface area (Å²) >= 11 is 1.51. The molecule has 0 spiro atoms. The van der Waals surface area contributed by atoms with Crippen LogP contribution in [0.3, 0.4) is 0 Å². The van der Waals surface area contributed by atoms with E-state index in [0.29, 0.717) is 48.8 Å². The lowest BCUT2D eigenvalue weighted by atomic mass is 9.94. The molecular weight excluding hydrogens is 539 g/mol. The third-order valence-corrected chi connectivity index (χ3v) is 6.96. The predicted molar refractivity (Wildman–Crippen MR) is 146 cm³/mol. The van der Waals surface area contributed by atoms with Gasteiger partial charge >= 0.3 is 6.18 Å². The van der Waals surface area contributed by atoms with Crippen LogP contribution in [0.1, 0.15) is 61.4 Å². The van der Waals surface area contributed by atoms with Crippen molar-refractivity contribution in [2.45, 2.75) is 38.7 Å². The average Bonchev–Trinajstić information content (AvgIpc) is 3.36. The molecule has 1 heterocycles. The number of aliphatic hydroxyl groups is 1. The van der Waals surface area contributed by atoms with Crippen LogP contribution < -0.4 is 0 Å². The van der Waals surface area contributed by atoms with Gasteiger partial charge in [0.1, 0.15) is 16.9 Å². The number of nitrogens with zero attached hydrogens (tertiary/aromatic N) is 1. The number of aliphatic hydroxyl groups excluding tert-OH is 1. The van der Waals surface area contributed by atoms with E-state index in [1.807, 2.05) is 12.3 Å². The highest BCUT2D eigenvalue weighted by atomic mass is 32.1. The molecule has 2 N–H and O–H groups in total. The highest BCUT2D eigenvalue weighted by Crippen LogP contribution is 2.34. The van der Waals surface area contributed by atoms with Crippen LogP contribution in [-0.4, -0.2) is 27.6 Å². The molecule has 40 heavy (non-hydrogen) atoms. The molecule has 9 heteroatoms. The summed E-state index contributed by atoms with van der Waals surface area (Å²) in [7, 11) is 0. The molecule has 4 aromatic rings. The predicted octanol–water partition coefficient (Wildman–Crippen LogP) is 6.64. The second kappa shape index (κ2) is 12.9. The molecule has 1 atom stereocenters. The van der Waals surface area contributed by atoms with Gasteiger partial charge in [0.15, 0.2) is 5.78 Å². The molecule has 4 rings (SSSR count). The van der Waals surface area contributed by atoms with E-state index in [-0.39, 0.29) is 11.1 Å². The van der Waals surface area contributed by atoms with Gasteiger partial charge in [0.25, 0.3) is 0 Å². The number of Topliss-reactive ketones (excluding diaryl/α,β-unsaturated/α-hetero) is 1. The zero-order valence-electron chi connectivity index (χ0n) is 21.5. The fourth-order valence-corrected chi connectivity index (χ4v) is 4.73. The number of phenolic OH excluding ortho intramolecular Hbond substituents is 1. The lowest BCUT2D eigenvalue weighted by Gasteiger charge is -2.13. The Kier molecular flexibility index (Phi) is 9.38. The average molecular weight is 566 g/mol. The van der Waals surface area contributed by atoms with E-state index in [0.717, 1.165) is 22.8 Å². The second-order valence-corrected chi connectivity index (χ2v) is 10.0. The molecule has 0 fully saturated rings. The minimum absolute atomic E-state index is 0.261. The van der Waals surface area contributed by atoms with Gasteiger partial charge in [-0.1, -0.05) is 48.2 Å². The number of aromatic hydroxyl groups is 1. The SMILES string of the molecule is Cc1csc(COCCCc2cc(C(=O)C(O)c3ccccc3)ccc2C#Cc2ccc(O)cc2C(F)(F)F)n1. The monoisotopic (exact) mass is 565 g/mol. The number of phenols is 1. The Bertz CT molecular complexity index is 1540. The standard InChI is InChI=1S/C31H26F3NO4S/c1-20-19-40-28(35-20)18-39-15-5-8-24-16-25(30(38)29(37)23-6-3-2-4-7-23)12-10-21(24)9-11-22-13-14-26(36)17-27(22)31(32,33)34/h2-4,6-7,10,12-14,16-17,19,29,36-37H,5,8,15,18H2,1H3. The number of aromatic nitrogens is 1. The van der Waals surface area contributed by atoms with Crippen molar-refractivity contribution in [2.75, 3.05) is 6.61 Å². The number of hydrogen-bond donors (Lipinski definition) is 2. The Morgan fingerprint density at radius 2 is 1.77 bits per heavy atom. The normalized spacial score (nSPS) is 12.0. The van der Waals surface area contributed by atoms with Crippen molar-refractivity contribution in [3.8, 4) is 17.6 Å². The molecule has 0 aliphatic rings. The zero-order valence-corrected chi connectivity index (χ0v) is 22.4. The van der Waals surface area contributed by atoms with Crippen LogP contribution in [0, 0.1) is 18.8 Å². The molecule has 1 aromatic heterocycles. The molecule has 0 bridgehead atoms. The lowest BCUT2D eigenvalue weighted by molar-refractivity contribution is -0.137. The largest absolute Gasteiger partial charge is 0.508 e. The van der Waals surface area contributed by atoms with Gasteiger partial charge in [-0.2, -0.15) is 13.2 Å². The summed E-state index contributed by atoms with van der Waals surface area (Å²) in [6.07, 6.45) is -5.05. The van der Waals surface area contributed by atoms with Crippen LogP contribution in [0.4, 0.5) is 13.2 Å². The van der Waals surface area contributed by atoms with Gasteiger partial charge in [-0.15, -0.1) is 11.3 Å². The first-order chi connectivity index (χ1) is 19.1. The number of halogens is 3. The molecule has 1 unspecified atom stereocenters. The molecule has 5 nitrogen and oxygen atoms in total. The lowest BCUT2D eigenvalue weighted by Crippen LogP contribution is -2.13. The Labute approximate surface area is 233 Å². The van der Waals surface area contributed by atoms with Gasteiger partial charge in [-0.05, 0) is 61.2 Å². The summed E-state index contributed by atoms with van der Waals surface area (Å²) in [5, 5.41) is 23.0. The fourth-order valence-electron chi connectivity index (χ4n) is 4.02. The first-order valence-corrected chi connectivity index (χ1v) is 13.3. The molecule has 0 radical (unpaired) electrons. The number of aryl methyl sites for hydroxylation is 2. The number of ketones is 1. The fraction of sp³-hybridized carbons (Fsp3) is 0.226. The number of thiazole rings is 1. The van der Waals surface area contributed by atoms with E-state index >= 15 is 0 Å². The summed E-state index contributed by atoms with van der Waals surface area (Å²) in [4.78, 5) is 17.4. The number of alkyl halides is 3. The Morgan fingerprint density at radius 1 is 1.05 bits per heavy atom. The van der Waals surface area contributed by atoms with Crippen molar-refractivity contribution < 1.29 is 32.9 Å². The maximum atomic E-state index is 13.5. The van der Waals surface area contributed by atoms with E-state index in [1.165, 1.54) is 17.4 Å². The molecule has 206 valence electrons. The summed E-state index contributed by atoms with van der Waals surface area (Å²) in [6.45, 7) is 2.67. The Balaban J connectivity index is 1.58. The van der Waals surface area contributed by atoms with Crippen LogP contribution in [0.15, 0.2) is 72.1 Å². The van der Waals surface area contributed by atoms with Gasteiger partial charge in [0.2, 0.25) is 0 Å². The van der Waals surface area contributed by atoms with E-state index in [9.17, 15) is 28.2 Å². The minimum atomic E-state index is -4.69. The van der Waals surface area contributed by atoms with Gasteiger partial charge in [0.05, 0.1) is 12.2 Å². The van der Waals surface area contributed by atoms with E-state index in [1.54, 1.807) is 42.5 Å². The number of hydrogen-bond acceptors (Lipinski definition) is 6. The first-order valence-electron chi connectivity index (χ1n) is 12.4. The summed E-state index contributed by atoms with van der Waals surface area (Å²) < 4.78 is 46.2. The first kappa shape index (κ1) is 29.0. The second-order valence-electron chi connectivity index (χ2n) is 9.07. The Morgan fingerprint density at radius 3 is 2.48 bits per heavy atom. The highest BCUT2D eigenvalue weighted by molar-refractivity contribution is 7.09. The third-order valence-electron chi connectivity index (χ3n) is 6.02. The van der Waals surface area contributed by atoms with Crippen LogP contribution in [0.5, 0.6) is 5.75 Å². The van der Waals surface area contributed by atoms with Gasteiger partial charge in [0, 0.05) is 34.4 Å². The number of benzene rings is 3. The minimum Gasteiger partial charge on any atom is -0.508 e. The Hall–Kier alpha value is -3.97. The van der Waals surface area contributed by atoms with E-state index < -0.39 is 29.4 Å². The maximum Gasteiger partial charge on any atom is 0.417 e. The number of rotatable bonds is 9. The molecular formula is C31H26F3NO4S. The zero-order chi connectivity index (χ0) is 28.7. The van der Waals surface area contributed by atoms with Crippen molar-refractivity contribution >= 4 is 17.1 Å². The van der Waals surface area contributed by atoms with Crippen LogP contribution in [0.2, 0.25) is 0 Å². The van der Waals surface area contributed by atoms with E-state index in [4.69, 9.17) is 4.74 Å². The molecule has 0 aliphatic carbocycles. The maximum absolute atomic E-state index is 13.5. The van der Waals surface area contributed by atoms with Crippen molar-refractivity contribution in [3.63, 3.8) is 0 Å². The molecule has 0 saturated carbocycles. The smallest absolute Gasteiger partial charge is 0.417 e. The van der Waals surface area contributed by atoms with Crippen LogP contribution in [0.25, 0.3) is 0 Å². The highest BCUT2D eigenvalue weighted by Gasteiger charge is 2.33. The van der Waals surface area contributed by atoms with Crippen molar-refractivity contribution in [2.24, 2.45) is 0 Å². The van der Waals surface area contributed by atoms with E-state index in [2.05, 4.69) is 16.8 Å². The molecule has 0 saturated heterocycles. The van der Waals surface area contributed by atoms with Crippen LogP contribution in [-0.2, 0) is 23.9 Å². The number of carbonyl (C=O) groups is 1. The van der Waals surface area contributed by atoms with Crippen molar-refractivity contribution in [1.82, 2.24) is 4.98 Å². The van der Waals surface area contributed by atoms with Gasteiger partial charge in [-0.3, -0.25) is 4.79 Å². The third kappa shape index (κ3) is 7.57. The van der Waals surface area contributed by atoms with Crippen molar-refractivity contribution in [3.05, 3.63) is 116 Å². The van der Waals surface area contributed by atoms with Crippen LogP contribution >= 0.6 is 11.3 Å². The van der Waals surface area contributed by atoms with Gasteiger partial charge in [-0.25, -0.2) is 4.98 Å². The topological polar surface area (TPSA) is 79.7 Å².